The number of nitrogens with one attached hydrogen (secondary N) is 2. The van der Waals surface area contributed by atoms with Crippen LogP contribution >= 0.6 is 0 Å². The van der Waals surface area contributed by atoms with Crippen LogP contribution in [-0.2, 0) is 35.4 Å². The highest BCUT2D eigenvalue weighted by molar-refractivity contribution is 7.89. The van der Waals surface area contributed by atoms with Crippen molar-refractivity contribution in [1.29, 1.82) is 0 Å². The first-order chi connectivity index (χ1) is 20.9. The summed E-state index contributed by atoms with van der Waals surface area (Å²) in [4.78, 5) is 25.2. The number of aliphatic hydroxyl groups is 1. The molecule has 2 amide bonds. The van der Waals surface area contributed by atoms with Crippen LogP contribution in [0, 0.1) is 17.8 Å². The molecule has 5 atom stereocenters. The zero-order valence-corrected chi connectivity index (χ0v) is 26.7. The Morgan fingerprint density at radius 2 is 1.70 bits per heavy atom. The number of fused-ring (bicyclic) bond motifs is 1. The molecule has 4 rings (SSSR count). The number of rotatable bonds is 14. The molecule has 2 fully saturated rings. The summed E-state index contributed by atoms with van der Waals surface area (Å²) in [5, 5.41) is 17.0. The van der Waals surface area contributed by atoms with Gasteiger partial charge in [-0.2, -0.15) is 4.31 Å². The highest BCUT2D eigenvalue weighted by Crippen LogP contribution is 2.33. The molecule has 44 heavy (non-hydrogen) atoms. The molecule has 2 aliphatic heterocycles. The van der Waals surface area contributed by atoms with Crippen LogP contribution in [0.1, 0.15) is 46.1 Å². The van der Waals surface area contributed by atoms with Gasteiger partial charge in [0.25, 0.3) is 0 Å². The maximum Gasteiger partial charge on any atom is 0.407 e. The van der Waals surface area contributed by atoms with Gasteiger partial charge >= 0.3 is 6.09 Å². The Labute approximate surface area is 260 Å². The van der Waals surface area contributed by atoms with Gasteiger partial charge in [0.05, 0.1) is 36.2 Å². The monoisotopic (exact) mass is 631 g/mol. The van der Waals surface area contributed by atoms with Gasteiger partial charge in [-0.25, -0.2) is 13.2 Å². The fourth-order valence-corrected chi connectivity index (χ4v) is 7.10. The lowest BCUT2D eigenvalue weighted by Crippen LogP contribution is -2.51. The van der Waals surface area contributed by atoms with E-state index in [-0.39, 0.29) is 61.0 Å². The highest BCUT2D eigenvalue weighted by atomic mass is 32.2. The summed E-state index contributed by atoms with van der Waals surface area (Å²) < 4.78 is 45.6. The Morgan fingerprint density at radius 1 is 1.00 bits per heavy atom. The van der Waals surface area contributed by atoms with Crippen molar-refractivity contribution in [3.05, 3.63) is 60.2 Å². The summed E-state index contributed by atoms with van der Waals surface area (Å²) in [6.07, 6.45) is -1.46. The van der Waals surface area contributed by atoms with E-state index in [9.17, 15) is 23.1 Å². The van der Waals surface area contributed by atoms with Crippen molar-refractivity contribution in [3.63, 3.8) is 0 Å². The van der Waals surface area contributed by atoms with Crippen LogP contribution in [0.5, 0.6) is 0 Å². The molecule has 0 saturated carbocycles. The number of nitrogens with zero attached hydrogens (tertiary/aromatic N) is 1. The molecular formula is C32H45N3O8S. The molecule has 0 aliphatic carbocycles. The largest absolute Gasteiger partial charge is 0.443 e. The van der Waals surface area contributed by atoms with Crippen LogP contribution in [0.4, 0.5) is 10.5 Å². The van der Waals surface area contributed by atoms with Crippen LogP contribution in [-0.4, -0.2) is 80.7 Å². The van der Waals surface area contributed by atoms with Gasteiger partial charge in [0.2, 0.25) is 15.9 Å². The number of hydrogen-bond donors (Lipinski definition) is 3. The number of alkyl carbamates (subject to hydrolysis) is 1. The van der Waals surface area contributed by atoms with Gasteiger partial charge in [0.1, 0.15) is 6.10 Å². The Morgan fingerprint density at radius 3 is 2.36 bits per heavy atom. The van der Waals surface area contributed by atoms with Gasteiger partial charge < -0.3 is 30.0 Å². The predicted molar refractivity (Wildman–Crippen MR) is 165 cm³/mol. The van der Waals surface area contributed by atoms with Crippen molar-refractivity contribution in [2.75, 3.05) is 31.6 Å². The van der Waals surface area contributed by atoms with E-state index in [4.69, 9.17) is 14.2 Å². The molecule has 2 saturated heterocycles. The molecule has 2 aliphatic rings. The number of benzene rings is 2. The number of carbonyl (C=O) groups excluding carboxylic acids is 2. The molecule has 0 unspecified atom stereocenters. The summed E-state index contributed by atoms with van der Waals surface area (Å²) in [6, 6.07) is 14.5. The van der Waals surface area contributed by atoms with E-state index in [0.717, 1.165) is 12.0 Å². The van der Waals surface area contributed by atoms with E-state index in [1.54, 1.807) is 12.1 Å². The average molecular weight is 632 g/mol. The van der Waals surface area contributed by atoms with E-state index in [0.29, 0.717) is 18.7 Å². The number of carbonyl (C=O) groups is 2. The van der Waals surface area contributed by atoms with Crippen molar-refractivity contribution in [2.45, 2.75) is 76.4 Å². The summed E-state index contributed by atoms with van der Waals surface area (Å²) in [6.45, 7) is 8.34. The molecule has 2 aromatic rings. The van der Waals surface area contributed by atoms with Crippen molar-refractivity contribution < 1.29 is 37.3 Å². The van der Waals surface area contributed by atoms with Crippen LogP contribution in [0.15, 0.2) is 59.5 Å². The normalized spacial score (nSPS) is 21.3. The van der Waals surface area contributed by atoms with Crippen molar-refractivity contribution >= 4 is 27.7 Å². The number of ether oxygens (including phenoxy) is 3. The molecule has 2 aromatic carbocycles. The van der Waals surface area contributed by atoms with Crippen molar-refractivity contribution in [2.24, 2.45) is 17.8 Å². The minimum absolute atomic E-state index is 0.0359. The Balaban J connectivity index is 1.49. The van der Waals surface area contributed by atoms with Crippen LogP contribution in [0.25, 0.3) is 0 Å². The maximum atomic E-state index is 13.8. The van der Waals surface area contributed by atoms with Crippen LogP contribution in [0.2, 0.25) is 0 Å². The van der Waals surface area contributed by atoms with Gasteiger partial charge in [-0.05, 0) is 54.5 Å². The summed E-state index contributed by atoms with van der Waals surface area (Å²) in [5.74, 6) is -0.0351. The Hall–Kier alpha value is -3.03. The molecular weight excluding hydrogens is 586 g/mol. The minimum Gasteiger partial charge on any atom is -0.443 e. The quantitative estimate of drug-likeness (QED) is 0.286. The third-order valence-corrected chi connectivity index (χ3v) is 9.48. The number of hydrogen-bond acceptors (Lipinski definition) is 8. The fraction of sp³-hybridized carbons (Fsp3) is 0.562. The average Bonchev–Trinajstić information content (AvgIpc) is 3.58. The summed E-state index contributed by atoms with van der Waals surface area (Å²) >= 11 is 0. The Kier molecular flexibility index (Phi) is 11.8. The van der Waals surface area contributed by atoms with Gasteiger partial charge in [-0.1, -0.05) is 58.0 Å². The van der Waals surface area contributed by atoms with E-state index in [1.807, 2.05) is 58.0 Å². The fourth-order valence-electron chi connectivity index (χ4n) is 5.48. The lowest BCUT2D eigenvalue weighted by Gasteiger charge is -2.31. The second kappa shape index (κ2) is 15.3. The molecule has 0 radical (unpaired) electrons. The summed E-state index contributed by atoms with van der Waals surface area (Å²) in [7, 11) is -4.03. The van der Waals surface area contributed by atoms with E-state index < -0.39 is 34.4 Å². The smallest absolute Gasteiger partial charge is 0.407 e. The first kappa shape index (κ1) is 33.9. The molecule has 11 nitrogen and oxygen atoms in total. The zero-order chi connectivity index (χ0) is 31.9. The van der Waals surface area contributed by atoms with E-state index in [2.05, 4.69) is 10.6 Å². The van der Waals surface area contributed by atoms with Gasteiger partial charge in [0.15, 0.2) is 6.29 Å². The molecule has 2 heterocycles. The summed E-state index contributed by atoms with van der Waals surface area (Å²) in [5.41, 5.74) is 1.36. The van der Waals surface area contributed by atoms with Crippen molar-refractivity contribution in [3.8, 4) is 0 Å². The molecule has 12 heteroatoms. The molecule has 242 valence electrons. The van der Waals surface area contributed by atoms with Gasteiger partial charge in [0, 0.05) is 25.2 Å². The Bertz CT molecular complexity index is 1340. The zero-order valence-electron chi connectivity index (χ0n) is 25.8. The molecule has 3 N–H and O–H groups in total. The predicted octanol–water partition coefficient (Wildman–Crippen LogP) is 3.78. The molecule has 0 spiro atoms. The van der Waals surface area contributed by atoms with Crippen molar-refractivity contribution in [1.82, 2.24) is 9.62 Å². The number of aliphatic hydroxyl groups excluding tert-OH is 1. The SMILES string of the molecule is CC(C)CC(=O)Nc1ccc(S(=O)(=O)N(CC(C)C)C[C@@H](O)[C@H](Cc2ccccc2)NC(=O)O[C@H]2CO[C@H]3OCC[C@H]32)cc1. The highest BCUT2D eigenvalue weighted by Gasteiger charge is 2.44. The number of amides is 2. The molecule has 0 aromatic heterocycles. The maximum absolute atomic E-state index is 13.8. The molecule has 0 bridgehead atoms. The van der Waals surface area contributed by atoms with E-state index >= 15 is 0 Å². The van der Waals surface area contributed by atoms with Gasteiger partial charge in [-0.15, -0.1) is 0 Å². The van der Waals surface area contributed by atoms with Gasteiger partial charge in [-0.3, -0.25) is 4.79 Å². The second-order valence-corrected chi connectivity index (χ2v) is 14.3. The first-order valence-corrected chi connectivity index (χ1v) is 16.7. The topological polar surface area (TPSA) is 144 Å². The standard InChI is InChI=1S/C32H45N3O8S/c1-21(2)16-30(37)33-24-10-12-25(13-11-24)44(39,40)35(18-22(3)4)19-28(36)27(17-23-8-6-5-7-9-23)34-32(38)43-29-20-42-31-26(29)14-15-41-31/h5-13,21-22,26-29,31,36H,14-20H2,1-4H3,(H,33,37)(H,34,38)/t26-,27-,28+,29-,31+/m0/s1. The third kappa shape index (κ3) is 9.24. The lowest BCUT2D eigenvalue weighted by atomic mass is 10.0. The number of anilines is 1. The van der Waals surface area contributed by atoms with E-state index in [1.165, 1.54) is 16.4 Å². The van der Waals surface area contributed by atoms with Crippen LogP contribution < -0.4 is 10.6 Å². The minimum atomic E-state index is -4.03. The first-order valence-electron chi connectivity index (χ1n) is 15.2. The second-order valence-electron chi connectivity index (χ2n) is 12.4. The third-order valence-electron chi connectivity index (χ3n) is 7.64. The number of sulfonamides is 1. The van der Waals surface area contributed by atoms with Crippen LogP contribution in [0.3, 0.4) is 0 Å². The lowest BCUT2D eigenvalue weighted by molar-refractivity contribution is -0.116.